The van der Waals surface area contributed by atoms with E-state index in [1.54, 1.807) is 43.5 Å². The molecule has 2 aromatic heterocycles. The molecule has 0 saturated heterocycles. The number of benzene rings is 1. The van der Waals surface area contributed by atoms with Gasteiger partial charge in [-0.3, -0.25) is 14.4 Å². The van der Waals surface area contributed by atoms with Gasteiger partial charge in [0.05, 0.1) is 35.4 Å². The van der Waals surface area contributed by atoms with Gasteiger partial charge in [-0.15, -0.1) is 0 Å². The van der Waals surface area contributed by atoms with Crippen LogP contribution in [0.4, 0.5) is 4.79 Å². The first kappa shape index (κ1) is 34.9. The van der Waals surface area contributed by atoms with Crippen LogP contribution in [0.5, 0.6) is 5.75 Å². The topological polar surface area (TPSA) is 152 Å². The smallest absolute Gasteiger partial charge is 0.407 e. The molecule has 0 radical (unpaired) electrons. The van der Waals surface area contributed by atoms with Crippen LogP contribution in [0.3, 0.4) is 0 Å². The second-order valence-corrected chi connectivity index (χ2v) is 18.0. The predicted octanol–water partition coefficient (Wildman–Crippen LogP) is 5.16. The molecule has 0 spiro atoms. The largest absolute Gasteiger partial charge is 0.457 e. The van der Waals surface area contributed by atoms with E-state index in [9.17, 15) is 24.0 Å². The van der Waals surface area contributed by atoms with Gasteiger partial charge in [0.1, 0.15) is 18.0 Å². The molecule has 0 fully saturated rings. The summed E-state index contributed by atoms with van der Waals surface area (Å²) in [5.74, 6) is -0.287. The molecule has 1 aromatic carbocycles. The van der Waals surface area contributed by atoms with Gasteiger partial charge in [0.25, 0.3) is 5.56 Å². The quantitative estimate of drug-likeness (QED) is 0.150. The van der Waals surface area contributed by atoms with E-state index in [2.05, 4.69) is 31.7 Å². The number of pyridine rings is 2. The normalized spacial score (nSPS) is 17.2. The van der Waals surface area contributed by atoms with E-state index in [0.29, 0.717) is 28.6 Å². The average Bonchev–Trinajstić information content (AvgIpc) is 3.30. The number of amides is 1. The summed E-state index contributed by atoms with van der Waals surface area (Å²) in [6.45, 7) is 12.2. The Labute approximate surface area is 280 Å². The number of nitrogens with one attached hydrogen (secondary N) is 1. The molecule has 0 saturated carbocycles. The molecule has 3 aromatic rings. The van der Waals surface area contributed by atoms with E-state index in [-0.39, 0.29) is 42.8 Å². The maximum atomic E-state index is 14.1. The molecule has 13 heteroatoms. The lowest BCUT2D eigenvalue weighted by molar-refractivity contribution is -0.186. The zero-order chi connectivity index (χ0) is 35.3. The number of rotatable bonds is 8. The summed E-state index contributed by atoms with van der Waals surface area (Å²) in [6, 6.07) is 7.04. The minimum atomic E-state index is -1.91. The van der Waals surface area contributed by atoms with Gasteiger partial charge >= 0.3 is 24.0 Å². The van der Waals surface area contributed by atoms with Crippen LogP contribution in [0.15, 0.2) is 34.0 Å². The lowest BCUT2D eigenvalue weighted by Crippen LogP contribution is -2.46. The minimum absolute atomic E-state index is 0.0839. The molecule has 1 N–H and O–H groups in total. The van der Waals surface area contributed by atoms with Gasteiger partial charge < -0.3 is 28.8 Å². The lowest BCUT2D eigenvalue weighted by atomic mass is 9.89. The van der Waals surface area contributed by atoms with Gasteiger partial charge in [0.2, 0.25) is 5.60 Å². The summed E-state index contributed by atoms with van der Waals surface area (Å²) >= 11 is 0. The first-order valence-corrected chi connectivity index (χ1v) is 18.4. The number of alkyl carbamates (subject to hydrolysis) is 1. The molecule has 258 valence electrons. The van der Waals surface area contributed by atoms with Crippen LogP contribution in [-0.4, -0.2) is 64.0 Å². The Morgan fingerprint density at radius 1 is 1.12 bits per heavy atom. The Morgan fingerprint density at radius 2 is 1.83 bits per heavy atom. The van der Waals surface area contributed by atoms with E-state index >= 15 is 0 Å². The van der Waals surface area contributed by atoms with Crippen molar-refractivity contribution in [2.45, 2.75) is 84.1 Å². The molecule has 2 aliphatic heterocycles. The third-order valence-electron chi connectivity index (χ3n) is 8.09. The minimum Gasteiger partial charge on any atom is -0.457 e. The summed E-state index contributed by atoms with van der Waals surface area (Å²) in [6.07, 6.45) is 3.53. The van der Waals surface area contributed by atoms with Gasteiger partial charge in [-0.1, -0.05) is 13.8 Å². The van der Waals surface area contributed by atoms with Crippen molar-refractivity contribution in [3.05, 3.63) is 51.3 Å². The van der Waals surface area contributed by atoms with Crippen LogP contribution in [-0.2, 0) is 47.3 Å². The van der Waals surface area contributed by atoms with E-state index in [0.717, 1.165) is 21.6 Å². The number of aromatic nitrogens is 2. The number of ether oxygens (including phenoxy) is 4. The zero-order valence-corrected chi connectivity index (χ0v) is 29.7. The summed E-state index contributed by atoms with van der Waals surface area (Å²) in [5.41, 5.74) is 0.143. The van der Waals surface area contributed by atoms with Crippen molar-refractivity contribution in [3.8, 4) is 17.1 Å². The zero-order valence-electron chi connectivity index (χ0n) is 28.9. The Morgan fingerprint density at radius 3 is 2.48 bits per heavy atom. The van der Waals surface area contributed by atoms with Crippen molar-refractivity contribution in [2.24, 2.45) is 5.92 Å². The first-order valence-electron chi connectivity index (χ1n) is 15.8. The Bertz CT molecular complexity index is 1910. The van der Waals surface area contributed by atoms with Gasteiger partial charge in [0.15, 0.2) is 0 Å². The van der Waals surface area contributed by atoms with Crippen LogP contribution in [0, 0.1) is 5.92 Å². The lowest BCUT2D eigenvalue weighted by Gasteiger charge is -2.36. The Hall–Kier alpha value is -4.39. The van der Waals surface area contributed by atoms with Crippen molar-refractivity contribution >= 4 is 44.9 Å². The van der Waals surface area contributed by atoms with Crippen LogP contribution < -0.4 is 15.6 Å². The monoisotopic (exact) mass is 681 g/mol. The SMILES string of the molecule is CC(=O)Oc1ccc2nc3c(c(S(C)(C)CC(C)C)c2c1)Cn1c-3cc2c(c1=O)COC(=O)[C@@]2(C)OC(=O)CCNC(=O)OC(C)(C)C. The van der Waals surface area contributed by atoms with E-state index < -0.39 is 45.2 Å². The molecule has 2 aliphatic rings. The predicted molar refractivity (Wildman–Crippen MR) is 181 cm³/mol. The highest BCUT2D eigenvalue weighted by Gasteiger charge is 2.48. The van der Waals surface area contributed by atoms with Gasteiger partial charge in [-0.05, 0) is 76.1 Å². The molecule has 0 unspecified atom stereocenters. The van der Waals surface area contributed by atoms with E-state index in [1.807, 2.05) is 6.07 Å². The van der Waals surface area contributed by atoms with Crippen LogP contribution in [0.2, 0.25) is 0 Å². The molecule has 1 atom stereocenters. The van der Waals surface area contributed by atoms with Gasteiger partial charge in [-0.25, -0.2) is 24.6 Å². The van der Waals surface area contributed by atoms with Crippen LogP contribution in [0.1, 0.15) is 71.6 Å². The maximum Gasteiger partial charge on any atom is 0.407 e. The second kappa shape index (κ2) is 12.6. The third kappa shape index (κ3) is 6.78. The fraction of sp³-hybridized carbons (Fsp3) is 0.486. The number of hydrogen-bond acceptors (Lipinski definition) is 10. The standard InChI is InChI=1S/C35H43N3O9S/c1-19(2)18-48(8,9)30-22-14-21(45-20(3)39)10-11-26(22)37-29-23(30)16-38-27(29)15-25-24(31(38)41)17-44-32(42)35(25,7)46-28(40)12-13-36-33(43)47-34(4,5)6/h10-11,14-15,19H,12-13,16-18H2,1-9H3,(H,36,43)/t35-/m0/s1. The Kier molecular flexibility index (Phi) is 9.15. The van der Waals surface area contributed by atoms with Crippen LogP contribution in [0.25, 0.3) is 22.3 Å². The summed E-state index contributed by atoms with van der Waals surface area (Å²) in [4.78, 5) is 70.2. The van der Waals surface area contributed by atoms with Crippen molar-refractivity contribution in [2.75, 3.05) is 24.8 Å². The number of hydrogen-bond donors (Lipinski definition) is 1. The van der Waals surface area contributed by atoms with Crippen molar-refractivity contribution in [3.63, 3.8) is 0 Å². The first-order chi connectivity index (χ1) is 22.3. The average molecular weight is 682 g/mol. The summed E-state index contributed by atoms with van der Waals surface area (Å²) < 4.78 is 23.4. The van der Waals surface area contributed by atoms with Crippen molar-refractivity contribution in [1.82, 2.24) is 14.9 Å². The number of fused-ring (bicyclic) bond motifs is 5. The highest BCUT2D eigenvalue weighted by Crippen LogP contribution is 2.57. The number of carbonyl (C=O) groups is 4. The van der Waals surface area contributed by atoms with E-state index in [1.165, 1.54) is 13.8 Å². The van der Waals surface area contributed by atoms with Crippen molar-refractivity contribution in [1.29, 1.82) is 0 Å². The molecule has 0 bridgehead atoms. The Balaban J connectivity index is 1.58. The number of cyclic esters (lactones) is 1. The summed E-state index contributed by atoms with van der Waals surface area (Å²) in [7, 11) is -1.46. The number of nitrogens with zero attached hydrogens (tertiary/aromatic N) is 2. The number of carbonyl (C=O) groups excluding carboxylic acids is 4. The maximum absolute atomic E-state index is 14.1. The molecule has 4 heterocycles. The van der Waals surface area contributed by atoms with Gasteiger partial charge in [0, 0.05) is 34.9 Å². The molecule has 5 rings (SSSR count). The fourth-order valence-electron chi connectivity index (χ4n) is 6.50. The molecule has 12 nitrogen and oxygen atoms in total. The van der Waals surface area contributed by atoms with Crippen LogP contribution >= 0.6 is 10.0 Å². The van der Waals surface area contributed by atoms with Crippen molar-refractivity contribution < 1.29 is 38.1 Å². The molecular weight excluding hydrogens is 638 g/mol. The highest BCUT2D eigenvalue weighted by atomic mass is 32.3. The molecule has 48 heavy (non-hydrogen) atoms. The second-order valence-electron chi connectivity index (χ2n) is 14.2. The third-order valence-corrected chi connectivity index (χ3v) is 11.2. The molecular formula is C35H43N3O9S. The molecule has 0 aliphatic carbocycles. The molecule has 1 amide bonds. The highest BCUT2D eigenvalue weighted by molar-refractivity contribution is 8.32. The number of esters is 3. The van der Waals surface area contributed by atoms with E-state index in [4.69, 9.17) is 23.9 Å². The fourth-order valence-corrected chi connectivity index (χ4v) is 9.92. The van der Waals surface area contributed by atoms with Gasteiger partial charge in [-0.2, -0.15) is 0 Å². The summed E-state index contributed by atoms with van der Waals surface area (Å²) in [5, 5.41) is 3.36.